The Morgan fingerprint density at radius 3 is 1.11 bits per heavy atom. The number of nitrogens with zero attached hydrogens (tertiary/aromatic N) is 2. The molecule has 2 aromatic carbocycles. The van der Waals surface area contributed by atoms with Gasteiger partial charge < -0.3 is 10.2 Å². The van der Waals surface area contributed by atoms with E-state index in [9.17, 15) is 20.0 Å². The Morgan fingerprint density at radius 2 is 0.895 bits per heavy atom. The van der Waals surface area contributed by atoms with E-state index in [0.717, 1.165) is 0 Å². The Balaban J connectivity index is 0.000000324. The molecule has 6 nitrogen and oxygen atoms in total. The van der Waals surface area contributed by atoms with E-state index in [4.69, 9.17) is 0 Å². The van der Waals surface area contributed by atoms with Crippen molar-refractivity contribution >= 4 is 11.4 Å². The van der Waals surface area contributed by atoms with Crippen molar-refractivity contribution in [2.75, 3.05) is 0 Å². The summed E-state index contributed by atoms with van der Waals surface area (Å²) < 4.78 is 0. The van der Waals surface area contributed by atoms with Crippen molar-refractivity contribution in [3.8, 4) is 11.5 Å². The van der Waals surface area contributed by atoms with Gasteiger partial charge in [0.25, 0.3) is 0 Å². The van der Waals surface area contributed by atoms with E-state index in [0.29, 0.717) is 0 Å². The van der Waals surface area contributed by atoms with E-state index in [2.05, 4.69) is 10.4 Å². The van der Waals surface area contributed by atoms with Crippen LogP contribution in [0.25, 0.3) is 0 Å². The Labute approximate surface area is 119 Å². The maximum Gasteiger partial charge on any atom is 2.00 e. The molecule has 0 aromatic heterocycles. The number of rotatable bonds is 2. The monoisotopic (exact) mass is 307 g/mol. The van der Waals surface area contributed by atoms with Gasteiger partial charge in [-0.05, 0) is 34.6 Å². The van der Waals surface area contributed by atoms with Crippen LogP contribution in [0.15, 0.2) is 58.9 Å². The molecule has 0 heterocycles. The molecule has 2 rings (SSSR count). The molecule has 0 aliphatic rings. The largest absolute Gasteiger partial charge is 2.00 e. The second kappa shape index (κ2) is 8.79. The Bertz CT molecular complexity index is 465. The van der Waals surface area contributed by atoms with E-state index < -0.39 is 0 Å². The predicted molar refractivity (Wildman–Crippen MR) is 62.7 cm³/mol. The average molecular weight is 308 g/mol. The normalized spacial score (nSPS) is 8.42. The van der Waals surface area contributed by atoms with Gasteiger partial charge in [-0.1, -0.05) is 24.3 Å². The summed E-state index contributed by atoms with van der Waals surface area (Å²) in [6, 6.07) is 10.7. The first-order chi connectivity index (χ1) is 8.65. The summed E-state index contributed by atoms with van der Waals surface area (Å²) in [5.41, 5.74) is 0.573. The van der Waals surface area contributed by atoms with Crippen LogP contribution in [-0.2, 0) is 17.1 Å². The predicted octanol–water partition coefficient (Wildman–Crippen LogP) is 2.31. The second-order valence-electron chi connectivity index (χ2n) is 3.17. The molecule has 0 atom stereocenters. The summed E-state index contributed by atoms with van der Waals surface area (Å²) >= 11 is 0. The van der Waals surface area contributed by atoms with E-state index in [1.807, 2.05) is 0 Å². The van der Waals surface area contributed by atoms with E-state index in [-0.39, 0.29) is 39.9 Å². The third-order valence-corrected chi connectivity index (χ3v) is 1.88. The first kappa shape index (κ1) is 16.8. The molecular weight excluding hydrogens is 300 g/mol. The summed E-state index contributed by atoms with van der Waals surface area (Å²) in [5, 5.41) is 26.0. The summed E-state index contributed by atoms with van der Waals surface area (Å²) in [6.07, 6.45) is 0. The molecule has 0 spiro atoms. The molecule has 1 radical (unpaired) electrons. The van der Waals surface area contributed by atoms with E-state index in [1.54, 1.807) is 0 Å². The zero-order valence-electron chi connectivity index (χ0n) is 9.45. The molecule has 101 valence electrons. The van der Waals surface area contributed by atoms with Gasteiger partial charge in [0.2, 0.25) is 0 Å². The SMILES string of the molecule is O=Nc1ccc([O-])cc1.O=Nc1ccc([O-])cc1.[Cu+2]. The zero-order valence-corrected chi connectivity index (χ0v) is 10.4. The zero-order chi connectivity index (χ0) is 13.4. The van der Waals surface area contributed by atoms with Crippen LogP contribution in [0.1, 0.15) is 0 Å². The Hall–Kier alpha value is -2.24. The molecule has 0 N–H and O–H groups in total. The van der Waals surface area contributed by atoms with Crippen LogP contribution >= 0.6 is 0 Å². The van der Waals surface area contributed by atoms with Gasteiger partial charge >= 0.3 is 17.1 Å². The van der Waals surface area contributed by atoms with Crippen molar-refractivity contribution in [1.82, 2.24) is 0 Å². The standard InChI is InChI=1S/2C6H5NO2.Cu/c2*8-6-3-1-5(7-9)2-4-6;/h2*1-4,8H;/q;;+2/p-2. The molecule has 7 heteroatoms. The van der Waals surface area contributed by atoms with Crippen LogP contribution in [0.4, 0.5) is 11.4 Å². The molecule has 0 fully saturated rings. The molecule has 0 saturated carbocycles. The maximum atomic E-state index is 10.4. The summed E-state index contributed by atoms with van der Waals surface area (Å²) in [5.74, 6) is -0.218. The second-order valence-corrected chi connectivity index (χ2v) is 3.17. The van der Waals surface area contributed by atoms with E-state index in [1.165, 1.54) is 48.5 Å². The molecule has 2 aromatic rings. The average Bonchev–Trinajstić information content (AvgIpc) is 2.41. The van der Waals surface area contributed by atoms with Crippen LogP contribution in [0.3, 0.4) is 0 Å². The summed E-state index contributed by atoms with van der Waals surface area (Å²) in [7, 11) is 0. The molecule has 0 saturated heterocycles. The van der Waals surface area contributed by atoms with E-state index >= 15 is 0 Å². The fourth-order valence-electron chi connectivity index (χ4n) is 1.01. The fourth-order valence-corrected chi connectivity index (χ4v) is 1.01. The minimum absolute atomic E-state index is 0. The summed E-state index contributed by atoms with van der Waals surface area (Å²) in [6.45, 7) is 0. The van der Waals surface area contributed by atoms with Crippen LogP contribution in [0.5, 0.6) is 11.5 Å². The van der Waals surface area contributed by atoms with Gasteiger partial charge in [-0.25, -0.2) is 0 Å². The first-order valence-electron chi connectivity index (χ1n) is 4.86. The van der Waals surface area contributed by atoms with Gasteiger partial charge in [-0.15, -0.1) is 21.3 Å². The molecule has 0 aliphatic heterocycles. The third kappa shape index (κ3) is 6.30. The van der Waals surface area contributed by atoms with Gasteiger partial charge in [0.05, 0.1) is 0 Å². The minimum Gasteiger partial charge on any atom is -0.872 e. The molecule has 0 amide bonds. The van der Waals surface area contributed by atoms with Gasteiger partial charge in [0.15, 0.2) is 0 Å². The van der Waals surface area contributed by atoms with Crippen molar-refractivity contribution in [3.05, 3.63) is 58.3 Å². The van der Waals surface area contributed by atoms with Gasteiger partial charge in [0, 0.05) is 0 Å². The quantitative estimate of drug-likeness (QED) is 0.627. The summed E-state index contributed by atoms with van der Waals surface area (Å²) in [4.78, 5) is 19.5. The maximum absolute atomic E-state index is 10.4. The molecule has 0 aliphatic carbocycles. The molecule has 19 heavy (non-hydrogen) atoms. The molecule has 0 bridgehead atoms. The number of hydrogen-bond donors (Lipinski definition) is 0. The van der Waals surface area contributed by atoms with Crippen LogP contribution in [0, 0.1) is 9.81 Å². The van der Waals surface area contributed by atoms with Crippen molar-refractivity contribution in [2.24, 2.45) is 10.4 Å². The fraction of sp³-hybridized carbons (Fsp3) is 0. The van der Waals surface area contributed by atoms with Gasteiger partial charge in [-0.2, -0.15) is 0 Å². The van der Waals surface area contributed by atoms with Crippen molar-refractivity contribution in [1.29, 1.82) is 0 Å². The Morgan fingerprint density at radius 1 is 0.632 bits per heavy atom. The first-order valence-corrected chi connectivity index (χ1v) is 4.86. The van der Waals surface area contributed by atoms with Crippen LogP contribution in [0.2, 0.25) is 0 Å². The molecular formula is C12H8CuN2O4. The van der Waals surface area contributed by atoms with Gasteiger partial charge in [-0.3, -0.25) is 0 Å². The van der Waals surface area contributed by atoms with Crippen LogP contribution in [-0.4, -0.2) is 0 Å². The minimum atomic E-state index is -0.109. The Kier molecular flexibility index (Phi) is 7.76. The molecule has 0 unspecified atom stereocenters. The van der Waals surface area contributed by atoms with Gasteiger partial charge in [0.1, 0.15) is 11.4 Å². The topological polar surface area (TPSA) is 105 Å². The van der Waals surface area contributed by atoms with Crippen LogP contribution < -0.4 is 10.2 Å². The van der Waals surface area contributed by atoms with Crippen molar-refractivity contribution in [2.45, 2.75) is 0 Å². The number of nitroso groups, excluding NO2 is 2. The van der Waals surface area contributed by atoms with Crippen molar-refractivity contribution < 1.29 is 27.3 Å². The third-order valence-electron chi connectivity index (χ3n) is 1.88. The number of hydrogen-bond acceptors (Lipinski definition) is 6. The smallest absolute Gasteiger partial charge is 0.872 e. The van der Waals surface area contributed by atoms with Crippen molar-refractivity contribution in [3.63, 3.8) is 0 Å². The number of benzene rings is 2.